The van der Waals surface area contributed by atoms with Crippen molar-refractivity contribution in [2.75, 3.05) is 0 Å². The van der Waals surface area contributed by atoms with Crippen LogP contribution in [0.4, 0.5) is 13.2 Å². The number of benzene rings is 1. The van der Waals surface area contributed by atoms with E-state index in [1.165, 1.54) is 6.20 Å². The molecule has 3 heterocycles. The number of rotatable bonds is 6. The van der Waals surface area contributed by atoms with Crippen molar-refractivity contribution in [3.05, 3.63) is 65.6 Å². The molecule has 0 amide bonds. The molecular formula is C20H16F3N5O3. The van der Waals surface area contributed by atoms with E-state index >= 15 is 0 Å². The number of pyridine rings is 1. The van der Waals surface area contributed by atoms with Crippen LogP contribution in [0.3, 0.4) is 0 Å². The van der Waals surface area contributed by atoms with Crippen LogP contribution in [0.2, 0.25) is 0 Å². The topological polar surface area (TPSA) is 99.1 Å². The highest BCUT2D eigenvalue weighted by atomic mass is 19.4. The Hall–Kier alpha value is -3.73. The van der Waals surface area contributed by atoms with Gasteiger partial charge in [0.25, 0.3) is 5.89 Å². The molecule has 11 heteroatoms. The quantitative estimate of drug-likeness (QED) is 0.498. The number of alkyl halides is 3. The van der Waals surface area contributed by atoms with Gasteiger partial charge in [-0.3, -0.25) is 4.68 Å². The molecule has 0 atom stereocenters. The fraction of sp³-hybridized carbons (Fsp3) is 0.200. The SMILES string of the molecule is Cn1ncc(-c2nc(-c3ccc(CO)cc3)no2)c1COc1ccc(C(F)(F)F)cn1. The number of nitrogens with zero attached hydrogens (tertiary/aromatic N) is 5. The second-order valence-corrected chi connectivity index (χ2v) is 6.58. The van der Waals surface area contributed by atoms with Gasteiger partial charge in [-0.15, -0.1) is 0 Å². The maximum absolute atomic E-state index is 12.7. The molecule has 0 saturated heterocycles. The van der Waals surface area contributed by atoms with Gasteiger partial charge in [-0.2, -0.15) is 23.3 Å². The van der Waals surface area contributed by atoms with Gasteiger partial charge < -0.3 is 14.4 Å². The lowest BCUT2D eigenvalue weighted by Gasteiger charge is -2.09. The van der Waals surface area contributed by atoms with Crippen molar-refractivity contribution in [2.24, 2.45) is 7.05 Å². The molecule has 0 saturated carbocycles. The van der Waals surface area contributed by atoms with Crippen molar-refractivity contribution >= 4 is 0 Å². The summed E-state index contributed by atoms with van der Waals surface area (Å²) in [6.07, 6.45) is -2.22. The number of hydrogen-bond acceptors (Lipinski definition) is 7. The van der Waals surface area contributed by atoms with E-state index in [1.54, 1.807) is 36.0 Å². The summed E-state index contributed by atoms with van der Waals surface area (Å²) < 4.78 is 50.4. The van der Waals surface area contributed by atoms with Gasteiger partial charge in [0.15, 0.2) is 0 Å². The van der Waals surface area contributed by atoms with Crippen molar-refractivity contribution in [3.63, 3.8) is 0 Å². The maximum Gasteiger partial charge on any atom is 0.417 e. The Bertz CT molecular complexity index is 1170. The highest BCUT2D eigenvalue weighted by molar-refractivity contribution is 5.61. The van der Waals surface area contributed by atoms with Crippen molar-refractivity contribution in [3.8, 4) is 28.7 Å². The molecule has 0 unspecified atom stereocenters. The Morgan fingerprint density at radius 1 is 1.10 bits per heavy atom. The zero-order chi connectivity index (χ0) is 22.0. The van der Waals surface area contributed by atoms with Gasteiger partial charge >= 0.3 is 6.18 Å². The minimum atomic E-state index is -4.46. The lowest BCUT2D eigenvalue weighted by Crippen LogP contribution is -2.07. The fourth-order valence-corrected chi connectivity index (χ4v) is 2.80. The van der Waals surface area contributed by atoms with E-state index in [9.17, 15) is 13.2 Å². The Morgan fingerprint density at radius 2 is 1.87 bits per heavy atom. The molecule has 8 nitrogen and oxygen atoms in total. The lowest BCUT2D eigenvalue weighted by molar-refractivity contribution is -0.137. The minimum absolute atomic E-state index is 0.0207. The molecule has 0 aliphatic heterocycles. The van der Waals surface area contributed by atoms with Crippen LogP contribution in [0, 0.1) is 0 Å². The third-order valence-corrected chi connectivity index (χ3v) is 4.53. The van der Waals surface area contributed by atoms with Crippen LogP contribution >= 0.6 is 0 Å². The molecule has 0 fully saturated rings. The van der Waals surface area contributed by atoms with Crippen LogP contribution in [0.5, 0.6) is 5.88 Å². The number of aromatic nitrogens is 5. The van der Waals surface area contributed by atoms with E-state index in [0.29, 0.717) is 28.8 Å². The summed E-state index contributed by atoms with van der Waals surface area (Å²) in [4.78, 5) is 8.08. The Balaban J connectivity index is 1.52. The number of aryl methyl sites for hydroxylation is 1. The molecule has 1 aromatic carbocycles. The van der Waals surface area contributed by atoms with Gasteiger partial charge in [-0.1, -0.05) is 29.4 Å². The summed E-state index contributed by atoms with van der Waals surface area (Å²) in [6.45, 7) is -0.0856. The Morgan fingerprint density at radius 3 is 2.52 bits per heavy atom. The van der Waals surface area contributed by atoms with Gasteiger partial charge in [0, 0.05) is 24.9 Å². The van der Waals surface area contributed by atoms with E-state index in [1.807, 2.05) is 0 Å². The van der Waals surface area contributed by atoms with Gasteiger partial charge in [0.05, 0.1) is 29.6 Å². The predicted octanol–water partition coefficient (Wildman–Crippen LogP) is 3.62. The molecule has 0 bridgehead atoms. The number of hydrogen-bond donors (Lipinski definition) is 1. The molecule has 3 aromatic heterocycles. The van der Waals surface area contributed by atoms with Crippen LogP contribution in [0.25, 0.3) is 22.8 Å². The van der Waals surface area contributed by atoms with E-state index in [-0.39, 0.29) is 25.0 Å². The van der Waals surface area contributed by atoms with Crippen LogP contribution in [-0.2, 0) is 26.4 Å². The Labute approximate surface area is 173 Å². The van der Waals surface area contributed by atoms with Crippen LogP contribution in [0.1, 0.15) is 16.8 Å². The Kier molecular flexibility index (Phi) is 5.42. The molecule has 4 aromatic rings. The zero-order valence-electron chi connectivity index (χ0n) is 16.2. The average Bonchev–Trinajstić information content (AvgIpc) is 3.39. The first-order chi connectivity index (χ1) is 14.8. The van der Waals surface area contributed by atoms with Crippen LogP contribution in [-0.4, -0.2) is 30.0 Å². The van der Waals surface area contributed by atoms with Crippen molar-refractivity contribution in [2.45, 2.75) is 19.4 Å². The van der Waals surface area contributed by atoms with Crippen molar-refractivity contribution < 1.29 is 27.5 Å². The number of aliphatic hydroxyl groups is 1. The molecule has 0 spiro atoms. The monoisotopic (exact) mass is 431 g/mol. The maximum atomic E-state index is 12.7. The number of halogens is 3. The standard InChI is InChI=1S/C20H16F3N5O3/c1-28-16(11-30-17-7-6-14(8-24-17)20(21,22)23)15(9-25-28)19-26-18(27-31-19)13-4-2-12(10-29)3-5-13/h2-9,29H,10-11H2,1H3. The second-order valence-electron chi connectivity index (χ2n) is 6.58. The molecule has 1 N–H and O–H groups in total. The van der Waals surface area contributed by atoms with E-state index in [0.717, 1.165) is 17.7 Å². The summed E-state index contributed by atoms with van der Waals surface area (Å²) in [5.74, 6) is 0.614. The molecule has 0 aliphatic carbocycles. The minimum Gasteiger partial charge on any atom is -0.471 e. The first kappa shape index (κ1) is 20.5. The van der Waals surface area contributed by atoms with Crippen molar-refractivity contribution in [1.29, 1.82) is 0 Å². The molecule has 160 valence electrons. The van der Waals surface area contributed by atoms with E-state index in [2.05, 4.69) is 20.2 Å². The largest absolute Gasteiger partial charge is 0.471 e. The summed E-state index contributed by atoms with van der Waals surface area (Å²) >= 11 is 0. The fourth-order valence-electron chi connectivity index (χ4n) is 2.80. The number of aliphatic hydroxyl groups excluding tert-OH is 1. The molecule has 0 aliphatic rings. The van der Waals surface area contributed by atoms with Gasteiger partial charge in [-0.25, -0.2) is 4.98 Å². The number of ether oxygens (including phenoxy) is 1. The van der Waals surface area contributed by atoms with Gasteiger partial charge in [-0.05, 0) is 11.6 Å². The normalized spacial score (nSPS) is 11.6. The summed E-state index contributed by atoms with van der Waals surface area (Å²) in [6, 6.07) is 9.10. The third-order valence-electron chi connectivity index (χ3n) is 4.53. The predicted molar refractivity (Wildman–Crippen MR) is 101 cm³/mol. The third kappa shape index (κ3) is 4.40. The van der Waals surface area contributed by atoms with Gasteiger partial charge in [0.1, 0.15) is 6.61 Å². The summed E-state index contributed by atoms with van der Waals surface area (Å²) in [7, 11) is 1.69. The highest BCUT2D eigenvalue weighted by Gasteiger charge is 2.30. The smallest absolute Gasteiger partial charge is 0.417 e. The molecular weight excluding hydrogens is 415 g/mol. The van der Waals surface area contributed by atoms with E-state index in [4.69, 9.17) is 14.4 Å². The van der Waals surface area contributed by atoms with Crippen LogP contribution in [0.15, 0.2) is 53.3 Å². The molecule has 4 rings (SSSR count). The van der Waals surface area contributed by atoms with Crippen LogP contribution < -0.4 is 4.74 Å². The molecule has 0 radical (unpaired) electrons. The van der Waals surface area contributed by atoms with Gasteiger partial charge in [0.2, 0.25) is 11.7 Å². The lowest BCUT2D eigenvalue weighted by atomic mass is 10.1. The highest BCUT2D eigenvalue weighted by Crippen LogP contribution is 2.30. The summed E-state index contributed by atoms with van der Waals surface area (Å²) in [5.41, 5.74) is 1.72. The zero-order valence-corrected chi connectivity index (χ0v) is 16.2. The first-order valence-electron chi connectivity index (χ1n) is 9.06. The summed E-state index contributed by atoms with van der Waals surface area (Å²) in [5, 5.41) is 17.3. The van der Waals surface area contributed by atoms with Crippen molar-refractivity contribution in [1.82, 2.24) is 24.9 Å². The molecule has 31 heavy (non-hydrogen) atoms. The first-order valence-corrected chi connectivity index (χ1v) is 9.06. The average molecular weight is 431 g/mol. The van der Waals surface area contributed by atoms with E-state index < -0.39 is 11.7 Å². The second kappa shape index (κ2) is 8.19.